The zero-order chi connectivity index (χ0) is 12.6. The molecule has 1 atom stereocenters. The lowest BCUT2D eigenvalue weighted by Gasteiger charge is -2.10. The fourth-order valence-electron chi connectivity index (χ4n) is 1.11. The van der Waals surface area contributed by atoms with Gasteiger partial charge in [0.15, 0.2) is 5.92 Å². The summed E-state index contributed by atoms with van der Waals surface area (Å²) < 4.78 is 9.64. The van der Waals surface area contributed by atoms with Crippen molar-refractivity contribution in [2.45, 2.75) is 26.7 Å². The van der Waals surface area contributed by atoms with Gasteiger partial charge in [0.1, 0.15) is 0 Å². The number of carbonyl (C=O) groups is 2. The largest absolute Gasteiger partial charge is 0.481 e. The number of hydrogen-bond donors (Lipinski definition) is 1. The van der Waals surface area contributed by atoms with E-state index < -0.39 is 17.9 Å². The fourth-order valence-corrected chi connectivity index (χ4v) is 1.11. The highest BCUT2D eigenvalue weighted by molar-refractivity contribution is 5.93. The number of carboxylic acids is 1. The van der Waals surface area contributed by atoms with Crippen LogP contribution < -0.4 is 0 Å². The number of rotatable bonds is 8. The van der Waals surface area contributed by atoms with Crippen LogP contribution in [0, 0.1) is 11.8 Å². The number of hydrogen-bond acceptors (Lipinski definition) is 4. The van der Waals surface area contributed by atoms with Crippen molar-refractivity contribution in [1.82, 2.24) is 0 Å². The molecular formula is C11H20O5. The molecule has 94 valence electrons. The Bertz CT molecular complexity index is 224. The molecule has 0 spiro atoms. The first-order valence-corrected chi connectivity index (χ1v) is 5.37. The maximum Gasteiger partial charge on any atom is 0.320 e. The first-order chi connectivity index (χ1) is 7.49. The molecule has 0 fully saturated rings. The third-order valence-electron chi connectivity index (χ3n) is 2.17. The standard InChI is InChI=1S/C11H20O5/c1-8(2)4-6-16-7-5-9(10(12)13)11(14)15-3/h8-9H,4-7H2,1-3H3,(H,12,13). The van der Waals surface area contributed by atoms with Crippen molar-refractivity contribution in [1.29, 1.82) is 0 Å². The molecule has 5 nitrogen and oxygen atoms in total. The molecule has 0 aromatic rings. The van der Waals surface area contributed by atoms with E-state index in [9.17, 15) is 9.59 Å². The minimum absolute atomic E-state index is 0.153. The highest BCUT2D eigenvalue weighted by Gasteiger charge is 2.26. The molecule has 0 aromatic carbocycles. The number of carbonyl (C=O) groups excluding carboxylic acids is 1. The van der Waals surface area contributed by atoms with Crippen LogP contribution in [0.5, 0.6) is 0 Å². The second-order valence-corrected chi connectivity index (χ2v) is 4.00. The van der Waals surface area contributed by atoms with Crippen LogP contribution in [-0.2, 0) is 19.1 Å². The Hall–Kier alpha value is -1.10. The summed E-state index contributed by atoms with van der Waals surface area (Å²) in [4.78, 5) is 21.8. The molecule has 0 amide bonds. The Morgan fingerprint density at radius 2 is 1.75 bits per heavy atom. The summed E-state index contributed by atoms with van der Waals surface area (Å²) in [5.41, 5.74) is 0. The molecule has 0 heterocycles. The molecule has 0 saturated heterocycles. The zero-order valence-corrected chi connectivity index (χ0v) is 10.1. The summed E-state index contributed by atoms with van der Waals surface area (Å²) in [5, 5.41) is 8.76. The van der Waals surface area contributed by atoms with Gasteiger partial charge >= 0.3 is 11.9 Å². The van der Waals surface area contributed by atoms with E-state index in [0.29, 0.717) is 12.5 Å². The third kappa shape index (κ3) is 6.40. The van der Waals surface area contributed by atoms with E-state index in [1.54, 1.807) is 0 Å². The van der Waals surface area contributed by atoms with Crippen molar-refractivity contribution in [3.8, 4) is 0 Å². The van der Waals surface area contributed by atoms with Gasteiger partial charge < -0.3 is 14.6 Å². The first-order valence-electron chi connectivity index (χ1n) is 5.37. The number of aliphatic carboxylic acids is 1. The summed E-state index contributed by atoms with van der Waals surface area (Å²) >= 11 is 0. The van der Waals surface area contributed by atoms with Crippen molar-refractivity contribution in [3.05, 3.63) is 0 Å². The maximum atomic E-state index is 11.1. The summed E-state index contributed by atoms with van der Waals surface area (Å²) in [6.45, 7) is 5.01. The van der Waals surface area contributed by atoms with Crippen molar-refractivity contribution in [2.24, 2.45) is 11.8 Å². The fraction of sp³-hybridized carbons (Fsp3) is 0.818. The van der Waals surface area contributed by atoms with Gasteiger partial charge in [-0.2, -0.15) is 0 Å². The summed E-state index contributed by atoms with van der Waals surface area (Å²) in [6.07, 6.45) is 1.08. The van der Waals surface area contributed by atoms with Crippen molar-refractivity contribution < 1.29 is 24.2 Å². The smallest absolute Gasteiger partial charge is 0.320 e. The molecule has 0 rings (SSSR count). The van der Waals surface area contributed by atoms with Gasteiger partial charge in [-0.1, -0.05) is 13.8 Å². The summed E-state index contributed by atoms with van der Waals surface area (Å²) in [5.74, 6) is -2.46. The highest BCUT2D eigenvalue weighted by atomic mass is 16.5. The molecule has 0 aliphatic heterocycles. The lowest BCUT2D eigenvalue weighted by molar-refractivity contribution is -0.157. The molecule has 0 saturated carbocycles. The Balaban J connectivity index is 3.78. The quantitative estimate of drug-likeness (QED) is 0.388. The van der Waals surface area contributed by atoms with E-state index in [-0.39, 0.29) is 13.0 Å². The van der Waals surface area contributed by atoms with E-state index in [1.807, 2.05) is 0 Å². The SMILES string of the molecule is COC(=O)C(CCOCCC(C)C)C(=O)O. The minimum atomic E-state index is -1.17. The van der Waals surface area contributed by atoms with Gasteiger partial charge in [0.25, 0.3) is 0 Å². The molecule has 1 N–H and O–H groups in total. The molecule has 0 aliphatic carbocycles. The molecule has 0 aliphatic rings. The lowest BCUT2D eigenvalue weighted by Crippen LogP contribution is -2.26. The zero-order valence-electron chi connectivity index (χ0n) is 10.1. The van der Waals surface area contributed by atoms with Crippen LogP contribution in [-0.4, -0.2) is 37.4 Å². The van der Waals surface area contributed by atoms with Crippen molar-refractivity contribution in [3.63, 3.8) is 0 Å². The second kappa shape index (κ2) is 8.10. The van der Waals surface area contributed by atoms with Crippen LogP contribution in [0.1, 0.15) is 26.7 Å². The van der Waals surface area contributed by atoms with Crippen molar-refractivity contribution >= 4 is 11.9 Å². The van der Waals surface area contributed by atoms with Gasteiger partial charge in [0.2, 0.25) is 0 Å². The van der Waals surface area contributed by atoms with E-state index >= 15 is 0 Å². The molecule has 1 unspecified atom stereocenters. The van der Waals surface area contributed by atoms with Gasteiger partial charge in [0.05, 0.1) is 7.11 Å². The van der Waals surface area contributed by atoms with Crippen LogP contribution in [0.25, 0.3) is 0 Å². The average Bonchev–Trinajstić information content (AvgIpc) is 2.21. The van der Waals surface area contributed by atoms with Crippen LogP contribution in [0.15, 0.2) is 0 Å². The third-order valence-corrected chi connectivity index (χ3v) is 2.17. The topological polar surface area (TPSA) is 72.8 Å². The molecule has 16 heavy (non-hydrogen) atoms. The normalized spacial score (nSPS) is 12.5. The van der Waals surface area contributed by atoms with Gasteiger partial charge in [-0.3, -0.25) is 9.59 Å². The molecule has 0 aromatic heterocycles. The number of ether oxygens (including phenoxy) is 2. The number of esters is 1. The lowest BCUT2D eigenvalue weighted by atomic mass is 10.1. The average molecular weight is 232 g/mol. The predicted molar refractivity (Wildman–Crippen MR) is 58.0 cm³/mol. The predicted octanol–water partition coefficient (Wildman–Crippen LogP) is 1.31. The molecular weight excluding hydrogens is 212 g/mol. The molecule has 5 heteroatoms. The Kier molecular flexibility index (Phi) is 7.54. The van der Waals surface area contributed by atoms with Crippen LogP contribution in [0.3, 0.4) is 0 Å². The molecule has 0 radical (unpaired) electrons. The Morgan fingerprint density at radius 3 is 2.19 bits per heavy atom. The minimum Gasteiger partial charge on any atom is -0.481 e. The summed E-state index contributed by atoms with van der Waals surface area (Å²) in [7, 11) is 1.18. The van der Waals surface area contributed by atoms with Crippen LogP contribution in [0.2, 0.25) is 0 Å². The second-order valence-electron chi connectivity index (χ2n) is 4.00. The van der Waals surface area contributed by atoms with Crippen molar-refractivity contribution in [2.75, 3.05) is 20.3 Å². The Labute approximate surface area is 95.7 Å². The van der Waals surface area contributed by atoms with E-state index in [2.05, 4.69) is 18.6 Å². The monoisotopic (exact) mass is 232 g/mol. The van der Waals surface area contributed by atoms with Crippen LogP contribution in [0.4, 0.5) is 0 Å². The van der Waals surface area contributed by atoms with E-state index in [1.165, 1.54) is 7.11 Å². The van der Waals surface area contributed by atoms with E-state index in [0.717, 1.165) is 6.42 Å². The maximum absolute atomic E-state index is 11.1. The van der Waals surface area contributed by atoms with E-state index in [4.69, 9.17) is 9.84 Å². The highest BCUT2D eigenvalue weighted by Crippen LogP contribution is 2.07. The first kappa shape index (κ1) is 14.9. The number of carboxylic acid groups (broad SMARTS) is 1. The van der Waals surface area contributed by atoms with Crippen LogP contribution >= 0.6 is 0 Å². The van der Waals surface area contributed by atoms with Gasteiger partial charge in [-0.25, -0.2) is 0 Å². The van der Waals surface area contributed by atoms with Gasteiger partial charge in [-0.15, -0.1) is 0 Å². The van der Waals surface area contributed by atoms with Gasteiger partial charge in [0, 0.05) is 13.2 Å². The molecule has 0 bridgehead atoms. The Morgan fingerprint density at radius 1 is 1.19 bits per heavy atom. The number of methoxy groups -OCH3 is 1. The van der Waals surface area contributed by atoms with Gasteiger partial charge in [-0.05, 0) is 18.8 Å². The summed E-state index contributed by atoms with van der Waals surface area (Å²) in [6, 6.07) is 0.